The fourth-order valence-electron chi connectivity index (χ4n) is 3.21. The van der Waals surface area contributed by atoms with Crippen molar-refractivity contribution in [1.29, 1.82) is 0 Å². The van der Waals surface area contributed by atoms with Crippen LogP contribution >= 0.6 is 11.3 Å². The Hall–Kier alpha value is -1.12. The van der Waals surface area contributed by atoms with Crippen molar-refractivity contribution in [3.8, 4) is 0 Å². The zero-order chi connectivity index (χ0) is 15.6. The van der Waals surface area contributed by atoms with Gasteiger partial charge in [0, 0.05) is 9.75 Å². The van der Waals surface area contributed by atoms with E-state index in [1.807, 2.05) is 11.3 Å². The minimum absolute atomic E-state index is 0.323. The second kappa shape index (κ2) is 6.76. The molecule has 1 heterocycles. The summed E-state index contributed by atoms with van der Waals surface area (Å²) < 4.78 is 0. The van der Waals surface area contributed by atoms with Crippen LogP contribution in [0.15, 0.2) is 18.2 Å². The van der Waals surface area contributed by atoms with E-state index < -0.39 is 0 Å². The van der Waals surface area contributed by atoms with Crippen molar-refractivity contribution in [2.24, 2.45) is 0 Å². The minimum Gasteiger partial charge on any atom is -0.306 e. The van der Waals surface area contributed by atoms with Crippen LogP contribution in [0.3, 0.4) is 0 Å². The molecule has 21 heavy (non-hydrogen) atoms. The second-order valence-corrected chi connectivity index (χ2v) is 7.39. The number of thiophene rings is 1. The van der Waals surface area contributed by atoms with Crippen molar-refractivity contribution in [2.75, 3.05) is 6.54 Å². The molecule has 0 aliphatic rings. The van der Waals surface area contributed by atoms with Crippen LogP contribution < -0.4 is 5.32 Å². The van der Waals surface area contributed by atoms with E-state index in [2.05, 4.69) is 65.1 Å². The predicted molar refractivity (Wildman–Crippen MR) is 94.6 cm³/mol. The molecule has 0 aliphatic heterocycles. The van der Waals surface area contributed by atoms with Crippen LogP contribution in [0.4, 0.5) is 0 Å². The van der Waals surface area contributed by atoms with E-state index in [0.29, 0.717) is 6.04 Å². The molecule has 1 unspecified atom stereocenters. The fraction of sp³-hybridized carbons (Fsp3) is 0.474. The molecule has 1 N–H and O–H groups in total. The molecule has 1 nitrogen and oxygen atoms in total. The molecule has 2 rings (SSSR count). The Morgan fingerprint density at radius 1 is 0.952 bits per heavy atom. The lowest BCUT2D eigenvalue weighted by Crippen LogP contribution is -2.24. The molecule has 0 saturated carbocycles. The van der Waals surface area contributed by atoms with Crippen molar-refractivity contribution in [3.63, 3.8) is 0 Å². The summed E-state index contributed by atoms with van der Waals surface area (Å²) in [6, 6.07) is 7.24. The van der Waals surface area contributed by atoms with Crippen molar-refractivity contribution in [3.05, 3.63) is 55.8 Å². The summed E-state index contributed by atoms with van der Waals surface area (Å²) in [4.78, 5) is 2.87. The monoisotopic (exact) mass is 301 g/mol. The molecular weight excluding hydrogens is 274 g/mol. The zero-order valence-electron chi connectivity index (χ0n) is 14.1. The van der Waals surface area contributed by atoms with Crippen LogP contribution in [0.2, 0.25) is 0 Å². The number of benzene rings is 1. The summed E-state index contributed by atoms with van der Waals surface area (Å²) in [6.07, 6.45) is 1.16. The highest BCUT2D eigenvalue weighted by molar-refractivity contribution is 7.12. The maximum atomic E-state index is 3.77. The number of aryl methyl sites for hydroxylation is 5. The molecule has 1 aromatic heterocycles. The lowest BCUT2D eigenvalue weighted by molar-refractivity contribution is 0.599. The molecule has 0 amide bonds. The average Bonchev–Trinajstić information content (AvgIpc) is 2.71. The van der Waals surface area contributed by atoms with E-state index in [1.165, 1.54) is 37.6 Å². The van der Waals surface area contributed by atoms with E-state index in [9.17, 15) is 0 Å². The number of nitrogens with one attached hydrogen (secondary N) is 1. The lowest BCUT2D eigenvalue weighted by Gasteiger charge is -2.23. The van der Waals surface area contributed by atoms with Gasteiger partial charge < -0.3 is 5.32 Å². The Morgan fingerprint density at radius 2 is 1.57 bits per heavy atom. The molecule has 0 saturated heterocycles. The minimum atomic E-state index is 0.323. The molecule has 1 aromatic carbocycles. The third-order valence-corrected chi connectivity index (χ3v) is 5.18. The van der Waals surface area contributed by atoms with Crippen LogP contribution in [0.25, 0.3) is 0 Å². The van der Waals surface area contributed by atoms with Crippen molar-refractivity contribution in [2.45, 2.75) is 54.0 Å². The molecule has 114 valence electrons. The van der Waals surface area contributed by atoms with E-state index >= 15 is 0 Å². The van der Waals surface area contributed by atoms with Gasteiger partial charge in [0.2, 0.25) is 0 Å². The number of hydrogen-bond donors (Lipinski definition) is 1. The molecule has 0 spiro atoms. The SMILES string of the molecule is CCCNC(c1sc(C)cc1C)c1c(C)cc(C)cc1C. The zero-order valence-corrected chi connectivity index (χ0v) is 14.9. The second-order valence-electron chi connectivity index (χ2n) is 6.10. The first-order chi connectivity index (χ1) is 9.93. The first kappa shape index (κ1) is 16.3. The highest BCUT2D eigenvalue weighted by atomic mass is 32.1. The molecule has 2 aromatic rings. The smallest absolute Gasteiger partial charge is 0.0678 e. The summed E-state index contributed by atoms with van der Waals surface area (Å²) in [7, 11) is 0. The standard InChI is InChI=1S/C19H27NS/c1-7-8-20-18(19-15(5)11-16(6)21-19)17-13(3)9-12(2)10-14(17)4/h9-11,18,20H,7-8H2,1-6H3. The van der Waals surface area contributed by atoms with Gasteiger partial charge in [0.05, 0.1) is 6.04 Å². The third kappa shape index (κ3) is 3.56. The fourth-order valence-corrected chi connectivity index (χ4v) is 4.33. The van der Waals surface area contributed by atoms with E-state index in [-0.39, 0.29) is 0 Å². The Bertz CT molecular complexity index is 601. The molecule has 1 atom stereocenters. The molecule has 0 aliphatic carbocycles. The largest absolute Gasteiger partial charge is 0.306 e. The van der Waals surface area contributed by atoms with Gasteiger partial charge in [-0.05, 0) is 75.9 Å². The van der Waals surface area contributed by atoms with Gasteiger partial charge in [-0.15, -0.1) is 11.3 Å². The topological polar surface area (TPSA) is 12.0 Å². The van der Waals surface area contributed by atoms with Gasteiger partial charge in [-0.3, -0.25) is 0 Å². The first-order valence-electron chi connectivity index (χ1n) is 7.82. The van der Waals surface area contributed by atoms with Gasteiger partial charge in [0.15, 0.2) is 0 Å². The van der Waals surface area contributed by atoms with Gasteiger partial charge in [-0.25, -0.2) is 0 Å². The highest BCUT2D eigenvalue weighted by Gasteiger charge is 2.21. The summed E-state index contributed by atoms with van der Waals surface area (Å²) >= 11 is 1.93. The summed E-state index contributed by atoms with van der Waals surface area (Å²) in [5.74, 6) is 0. The Labute approximate surface area is 133 Å². The molecule has 2 heteroatoms. The third-order valence-electron chi connectivity index (χ3n) is 3.97. The highest BCUT2D eigenvalue weighted by Crippen LogP contribution is 2.35. The predicted octanol–water partition coefficient (Wildman–Crippen LogP) is 5.38. The summed E-state index contributed by atoms with van der Waals surface area (Å²) in [5, 5.41) is 3.77. The van der Waals surface area contributed by atoms with Gasteiger partial charge in [-0.2, -0.15) is 0 Å². The normalized spacial score (nSPS) is 12.7. The van der Waals surface area contributed by atoms with E-state index in [1.54, 1.807) is 0 Å². The van der Waals surface area contributed by atoms with Crippen LogP contribution in [0.1, 0.15) is 57.0 Å². The quantitative estimate of drug-likeness (QED) is 0.782. The molecule has 0 radical (unpaired) electrons. The van der Waals surface area contributed by atoms with Crippen LogP contribution in [-0.4, -0.2) is 6.54 Å². The van der Waals surface area contributed by atoms with Gasteiger partial charge in [0.1, 0.15) is 0 Å². The Morgan fingerprint density at radius 3 is 2.05 bits per heavy atom. The Balaban J connectivity index is 2.53. The van der Waals surface area contributed by atoms with E-state index in [4.69, 9.17) is 0 Å². The van der Waals surface area contributed by atoms with Gasteiger partial charge in [0.25, 0.3) is 0 Å². The molecular formula is C19H27NS. The summed E-state index contributed by atoms with van der Waals surface area (Å²) in [5.41, 5.74) is 7.00. The molecule has 0 fully saturated rings. The van der Waals surface area contributed by atoms with Crippen LogP contribution in [0, 0.1) is 34.6 Å². The van der Waals surface area contributed by atoms with Crippen molar-refractivity contribution in [1.82, 2.24) is 5.32 Å². The van der Waals surface area contributed by atoms with Gasteiger partial charge >= 0.3 is 0 Å². The Kier molecular flexibility index (Phi) is 5.23. The average molecular weight is 301 g/mol. The van der Waals surface area contributed by atoms with Gasteiger partial charge in [-0.1, -0.05) is 24.6 Å². The summed E-state index contributed by atoms with van der Waals surface area (Å²) in [6.45, 7) is 14.4. The number of rotatable bonds is 5. The van der Waals surface area contributed by atoms with Crippen LogP contribution in [0.5, 0.6) is 0 Å². The lowest BCUT2D eigenvalue weighted by atomic mass is 9.92. The number of hydrogen-bond acceptors (Lipinski definition) is 2. The van der Waals surface area contributed by atoms with E-state index in [0.717, 1.165) is 13.0 Å². The molecule has 0 bridgehead atoms. The maximum absolute atomic E-state index is 3.77. The van der Waals surface area contributed by atoms with Crippen LogP contribution in [-0.2, 0) is 0 Å². The van der Waals surface area contributed by atoms with Crippen molar-refractivity contribution < 1.29 is 0 Å². The maximum Gasteiger partial charge on any atom is 0.0678 e. The first-order valence-corrected chi connectivity index (χ1v) is 8.63. The van der Waals surface area contributed by atoms with Crippen molar-refractivity contribution >= 4 is 11.3 Å².